The standard InChI is InChI=1S/C16H19NO2/c1-10-3-6-15(19-2)14(7-10)17-16(18)13-9-11-4-5-12(13)8-11/h3-7,11-13H,8-9H2,1-2H3,(H,17,18). The summed E-state index contributed by atoms with van der Waals surface area (Å²) in [5, 5.41) is 3.03. The molecule has 2 bridgehead atoms. The monoisotopic (exact) mass is 257 g/mol. The SMILES string of the molecule is COc1ccc(C)cc1NC(=O)C1CC2C=CC1C2. The van der Waals surface area contributed by atoms with E-state index in [-0.39, 0.29) is 11.8 Å². The summed E-state index contributed by atoms with van der Waals surface area (Å²) in [6.45, 7) is 2.01. The molecule has 1 saturated carbocycles. The van der Waals surface area contributed by atoms with Crippen LogP contribution < -0.4 is 10.1 Å². The van der Waals surface area contributed by atoms with Crippen molar-refractivity contribution in [1.29, 1.82) is 0 Å². The minimum absolute atomic E-state index is 0.125. The van der Waals surface area contributed by atoms with E-state index >= 15 is 0 Å². The lowest BCUT2D eigenvalue weighted by molar-refractivity contribution is -0.120. The molecule has 3 atom stereocenters. The second-order valence-corrected chi connectivity index (χ2v) is 5.58. The number of amides is 1. The summed E-state index contributed by atoms with van der Waals surface area (Å²) in [6, 6.07) is 5.83. The van der Waals surface area contributed by atoms with E-state index < -0.39 is 0 Å². The topological polar surface area (TPSA) is 38.3 Å². The zero-order valence-electron chi connectivity index (χ0n) is 11.3. The van der Waals surface area contributed by atoms with Crippen molar-refractivity contribution in [3.05, 3.63) is 35.9 Å². The summed E-state index contributed by atoms with van der Waals surface area (Å²) >= 11 is 0. The molecule has 3 nitrogen and oxygen atoms in total. The molecule has 0 aliphatic heterocycles. The highest BCUT2D eigenvalue weighted by Crippen LogP contribution is 2.44. The highest BCUT2D eigenvalue weighted by Gasteiger charge is 2.39. The van der Waals surface area contributed by atoms with E-state index in [9.17, 15) is 4.79 Å². The van der Waals surface area contributed by atoms with Crippen LogP contribution in [-0.2, 0) is 4.79 Å². The Bertz CT molecular complexity index is 536. The van der Waals surface area contributed by atoms with Crippen LogP contribution in [0.5, 0.6) is 5.75 Å². The van der Waals surface area contributed by atoms with Gasteiger partial charge >= 0.3 is 0 Å². The van der Waals surface area contributed by atoms with Crippen LogP contribution in [0.15, 0.2) is 30.4 Å². The van der Waals surface area contributed by atoms with Gasteiger partial charge in [-0.1, -0.05) is 18.2 Å². The number of carbonyl (C=O) groups excluding carboxylic acids is 1. The van der Waals surface area contributed by atoms with Gasteiger partial charge in [0.25, 0.3) is 0 Å². The van der Waals surface area contributed by atoms with Crippen LogP contribution in [0.2, 0.25) is 0 Å². The molecule has 1 amide bonds. The number of methoxy groups -OCH3 is 1. The van der Waals surface area contributed by atoms with Crippen LogP contribution >= 0.6 is 0 Å². The number of rotatable bonds is 3. The summed E-state index contributed by atoms with van der Waals surface area (Å²) in [7, 11) is 1.63. The van der Waals surface area contributed by atoms with E-state index in [0.717, 1.165) is 29.8 Å². The quantitative estimate of drug-likeness (QED) is 0.845. The van der Waals surface area contributed by atoms with Crippen molar-refractivity contribution >= 4 is 11.6 Å². The Hall–Kier alpha value is -1.77. The molecule has 1 N–H and O–H groups in total. The predicted octanol–water partition coefficient (Wildman–Crippen LogP) is 3.15. The van der Waals surface area contributed by atoms with Crippen LogP contribution in [0.1, 0.15) is 18.4 Å². The molecule has 2 aliphatic carbocycles. The minimum atomic E-state index is 0.125. The Morgan fingerprint density at radius 3 is 2.79 bits per heavy atom. The van der Waals surface area contributed by atoms with Crippen LogP contribution in [0.3, 0.4) is 0 Å². The molecule has 0 radical (unpaired) electrons. The lowest BCUT2D eigenvalue weighted by Gasteiger charge is -2.19. The average Bonchev–Trinajstić information content (AvgIpc) is 3.01. The van der Waals surface area contributed by atoms with Gasteiger partial charge in [-0.3, -0.25) is 4.79 Å². The molecule has 0 aromatic heterocycles. The molecular formula is C16H19NO2. The smallest absolute Gasteiger partial charge is 0.228 e. The molecule has 0 saturated heterocycles. The molecule has 0 heterocycles. The molecule has 3 unspecified atom stereocenters. The van der Waals surface area contributed by atoms with E-state index in [1.54, 1.807) is 7.11 Å². The van der Waals surface area contributed by atoms with Crippen LogP contribution in [0.4, 0.5) is 5.69 Å². The molecule has 100 valence electrons. The maximum Gasteiger partial charge on any atom is 0.228 e. The number of ether oxygens (including phenoxy) is 1. The molecule has 3 heteroatoms. The van der Waals surface area contributed by atoms with E-state index in [0.29, 0.717) is 11.8 Å². The van der Waals surface area contributed by atoms with Crippen molar-refractivity contribution in [1.82, 2.24) is 0 Å². The number of anilines is 1. The van der Waals surface area contributed by atoms with Crippen LogP contribution in [0, 0.1) is 24.7 Å². The number of nitrogens with one attached hydrogen (secondary N) is 1. The largest absolute Gasteiger partial charge is 0.495 e. The fourth-order valence-corrected chi connectivity index (χ4v) is 3.23. The third-order valence-electron chi connectivity index (χ3n) is 4.23. The summed E-state index contributed by atoms with van der Waals surface area (Å²) < 4.78 is 5.30. The fraction of sp³-hybridized carbons (Fsp3) is 0.438. The first-order chi connectivity index (χ1) is 9.17. The van der Waals surface area contributed by atoms with E-state index in [2.05, 4.69) is 17.5 Å². The van der Waals surface area contributed by atoms with Gasteiger partial charge in [-0.05, 0) is 49.3 Å². The van der Waals surface area contributed by atoms with Gasteiger partial charge in [-0.15, -0.1) is 0 Å². The lowest BCUT2D eigenvalue weighted by atomic mass is 9.92. The molecular weight excluding hydrogens is 238 g/mol. The molecule has 2 aliphatic rings. The zero-order valence-corrected chi connectivity index (χ0v) is 11.3. The number of allylic oxidation sites excluding steroid dienone is 2. The first-order valence-corrected chi connectivity index (χ1v) is 6.81. The maximum absolute atomic E-state index is 12.4. The third kappa shape index (κ3) is 2.25. The number of fused-ring (bicyclic) bond motifs is 2. The van der Waals surface area contributed by atoms with Crippen molar-refractivity contribution in [3.8, 4) is 5.75 Å². The van der Waals surface area contributed by atoms with Gasteiger partial charge in [0.2, 0.25) is 5.91 Å². The van der Waals surface area contributed by atoms with E-state index in [4.69, 9.17) is 4.74 Å². The van der Waals surface area contributed by atoms with Crippen molar-refractivity contribution in [3.63, 3.8) is 0 Å². The number of benzene rings is 1. The summed E-state index contributed by atoms with van der Waals surface area (Å²) in [4.78, 5) is 12.4. The van der Waals surface area contributed by atoms with Gasteiger partial charge in [0, 0.05) is 5.92 Å². The Labute approximate surface area is 113 Å². The maximum atomic E-state index is 12.4. The van der Waals surface area contributed by atoms with Gasteiger partial charge < -0.3 is 10.1 Å². The molecule has 1 aromatic carbocycles. The van der Waals surface area contributed by atoms with Crippen molar-refractivity contribution in [2.45, 2.75) is 19.8 Å². The Balaban J connectivity index is 1.76. The van der Waals surface area contributed by atoms with Crippen molar-refractivity contribution in [2.75, 3.05) is 12.4 Å². The molecule has 3 rings (SSSR count). The zero-order chi connectivity index (χ0) is 13.4. The summed E-state index contributed by atoms with van der Waals surface area (Å²) in [5.41, 5.74) is 1.89. The highest BCUT2D eigenvalue weighted by atomic mass is 16.5. The molecule has 19 heavy (non-hydrogen) atoms. The average molecular weight is 257 g/mol. The fourth-order valence-electron chi connectivity index (χ4n) is 3.23. The molecule has 0 spiro atoms. The second kappa shape index (κ2) is 4.72. The van der Waals surface area contributed by atoms with Crippen LogP contribution in [-0.4, -0.2) is 13.0 Å². The number of hydrogen-bond acceptors (Lipinski definition) is 2. The number of hydrogen-bond donors (Lipinski definition) is 1. The van der Waals surface area contributed by atoms with Gasteiger partial charge in [0.05, 0.1) is 12.8 Å². The van der Waals surface area contributed by atoms with Crippen LogP contribution in [0.25, 0.3) is 0 Å². The first-order valence-electron chi connectivity index (χ1n) is 6.81. The Kier molecular flexibility index (Phi) is 3.05. The van der Waals surface area contributed by atoms with E-state index in [1.807, 2.05) is 25.1 Å². The molecule has 1 aromatic rings. The first kappa shape index (κ1) is 12.3. The second-order valence-electron chi connectivity index (χ2n) is 5.58. The number of aryl methyl sites for hydroxylation is 1. The number of carbonyl (C=O) groups is 1. The van der Waals surface area contributed by atoms with Gasteiger partial charge in [0.15, 0.2) is 0 Å². The minimum Gasteiger partial charge on any atom is -0.495 e. The van der Waals surface area contributed by atoms with Gasteiger partial charge in [-0.25, -0.2) is 0 Å². The van der Waals surface area contributed by atoms with Crippen molar-refractivity contribution < 1.29 is 9.53 Å². The van der Waals surface area contributed by atoms with Crippen molar-refractivity contribution in [2.24, 2.45) is 17.8 Å². The lowest BCUT2D eigenvalue weighted by Crippen LogP contribution is -2.26. The van der Waals surface area contributed by atoms with E-state index in [1.165, 1.54) is 0 Å². The third-order valence-corrected chi connectivity index (χ3v) is 4.23. The van der Waals surface area contributed by atoms with Gasteiger partial charge in [0.1, 0.15) is 5.75 Å². The summed E-state index contributed by atoms with van der Waals surface area (Å²) in [6.07, 6.45) is 6.58. The normalized spacial score (nSPS) is 27.6. The molecule has 1 fully saturated rings. The highest BCUT2D eigenvalue weighted by molar-refractivity contribution is 5.94. The van der Waals surface area contributed by atoms with Gasteiger partial charge in [-0.2, -0.15) is 0 Å². The Morgan fingerprint density at radius 1 is 1.32 bits per heavy atom. The summed E-state index contributed by atoms with van der Waals surface area (Å²) in [5.74, 6) is 2.01. The Morgan fingerprint density at radius 2 is 2.16 bits per heavy atom. The predicted molar refractivity (Wildman–Crippen MR) is 75.2 cm³/mol.